The fourth-order valence-corrected chi connectivity index (χ4v) is 4.23. The highest BCUT2D eigenvalue weighted by molar-refractivity contribution is 7.90. The van der Waals surface area contributed by atoms with E-state index in [1.165, 1.54) is 47.4 Å². The number of hydrogen-bond donors (Lipinski definition) is 1. The van der Waals surface area contributed by atoms with Crippen LogP contribution in [0, 0.1) is 0 Å². The molecule has 0 saturated carbocycles. The summed E-state index contributed by atoms with van der Waals surface area (Å²) in [5.74, 6) is -0.917. The summed E-state index contributed by atoms with van der Waals surface area (Å²) in [5.41, 5.74) is 0.364. The molecule has 0 bridgehead atoms. The Morgan fingerprint density at radius 1 is 1.00 bits per heavy atom. The summed E-state index contributed by atoms with van der Waals surface area (Å²) >= 11 is 23.8. The van der Waals surface area contributed by atoms with Gasteiger partial charge in [0, 0.05) is 11.9 Å². The number of nitrogens with one attached hydrogen (secondary N) is 1. The van der Waals surface area contributed by atoms with Crippen molar-refractivity contribution in [2.75, 3.05) is 0 Å². The van der Waals surface area contributed by atoms with Gasteiger partial charge in [-0.05, 0) is 24.3 Å². The summed E-state index contributed by atoms with van der Waals surface area (Å²) in [5, 5.41) is 0.639. The number of benzene rings is 2. The summed E-state index contributed by atoms with van der Waals surface area (Å²) in [6.45, 7) is 0. The fraction of sp³-hybridized carbons (Fsp3) is 0. The van der Waals surface area contributed by atoms with E-state index in [0.29, 0.717) is 5.69 Å². The first kappa shape index (κ1) is 20.0. The second-order valence-corrected chi connectivity index (χ2v) is 8.51. The summed E-state index contributed by atoms with van der Waals surface area (Å²) in [7, 11) is -4.15. The van der Waals surface area contributed by atoms with E-state index >= 15 is 0 Å². The predicted octanol–water partition coefficient (Wildman–Crippen LogP) is 4.60. The molecule has 1 amide bonds. The van der Waals surface area contributed by atoms with E-state index in [4.69, 9.17) is 46.4 Å². The first-order valence-corrected chi connectivity index (χ1v) is 10.2. The molecule has 1 N–H and O–H groups in total. The molecule has 3 rings (SSSR count). The summed E-state index contributed by atoms with van der Waals surface area (Å²) < 4.78 is 28.1. The molecule has 0 saturated heterocycles. The first-order chi connectivity index (χ1) is 12.7. The minimum absolute atomic E-state index is 0.00576. The zero-order valence-electron chi connectivity index (χ0n) is 13.2. The molecule has 0 unspecified atom stereocenters. The Bertz CT molecular complexity index is 1120. The third-order valence-corrected chi connectivity index (χ3v) is 6.46. The molecule has 0 atom stereocenters. The number of halogens is 4. The number of aromatic nitrogens is 2. The highest BCUT2D eigenvalue weighted by Gasteiger charge is 2.22. The van der Waals surface area contributed by atoms with Crippen molar-refractivity contribution in [1.29, 1.82) is 0 Å². The lowest BCUT2D eigenvalue weighted by Crippen LogP contribution is -2.31. The minimum atomic E-state index is -4.15. The molecule has 0 aliphatic rings. The molecule has 1 aromatic heterocycles. The van der Waals surface area contributed by atoms with E-state index in [9.17, 15) is 13.2 Å². The van der Waals surface area contributed by atoms with Crippen LogP contribution in [0.3, 0.4) is 0 Å². The van der Waals surface area contributed by atoms with Gasteiger partial charge in [-0.3, -0.25) is 4.79 Å². The molecule has 0 radical (unpaired) electrons. The fourth-order valence-electron chi connectivity index (χ4n) is 2.16. The minimum Gasteiger partial charge on any atom is -0.305 e. The van der Waals surface area contributed by atoms with E-state index < -0.39 is 15.9 Å². The van der Waals surface area contributed by atoms with Crippen LogP contribution in [-0.2, 0) is 10.0 Å². The molecule has 140 valence electrons. The van der Waals surface area contributed by atoms with Crippen LogP contribution in [0.25, 0.3) is 5.69 Å². The van der Waals surface area contributed by atoms with Gasteiger partial charge in [-0.25, -0.2) is 18.1 Å². The molecule has 0 aliphatic heterocycles. The Labute approximate surface area is 174 Å². The van der Waals surface area contributed by atoms with E-state index in [2.05, 4.69) is 4.98 Å². The van der Waals surface area contributed by atoms with Crippen molar-refractivity contribution in [3.63, 3.8) is 0 Å². The van der Waals surface area contributed by atoms with E-state index in [1.807, 2.05) is 4.72 Å². The molecule has 0 spiro atoms. The Morgan fingerprint density at radius 2 is 1.63 bits per heavy atom. The lowest BCUT2D eigenvalue weighted by atomic mass is 10.3. The first-order valence-electron chi connectivity index (χ1n) is 7.19. The molecule has 2 aromatic carbocycles. The van der Waals surface area contributed by atoms with Crippen molar-refractivity contribution in [2.45, 2.75) is 4.90 Å². The van der Waals surface area contributed by atoms with Crippen LogP contribution in [0.5, 0.6) is 0 Å². The molecule has 27 heavy (non-hydrogen) atoms. The SMILES string of the molecule is O=C(NS(=O)(=O)c1ccccc1Cl)c1cn(-c2cc(Cl)c(Cl)c(Cl)c2)cn1. The van der Waals surface area contributed by atoms with E-state index in [0.717, 1.165) is 0 Å². The molecule has 0 fully saturated rings. The van der Waals surface area contributed by atoms with Crippen LogP contribution >= 0.6 is 46.4 Å². The normalized spacial score (nSPS) is 11.4. The zero-order chi connectivity index (χ0) is 19.8. The lowest BCUT2D eigenvalue weighted by Gasteiger charge is -2.07. The Kier molecular flexibility index (Phi) is 5.69. The van der Waals surface area contributed by atoms with Gasteiger partial charge in [-0.1, -0.05) is 58.5 Å². The Morgan fingerprint density at radius 3 is 2.26 bits per heavy atom. The average molecular weight is 465 g/mol. The molecule has 11 heteroatoms. The van der Waals surface area contributed by atoms with Gasteiger partial charge in [0.15, 0.2) is 0 Å². The van der Waals surface area contributed by atoms with Crippen molar-refractivity contribution < 1.29 is 13.2 Å². The number of nitrogens with zero attached hydrogens (tertiary/aromatic N) is 2. The monoisotopic (exact) mass is 463 g/mol. The van der Waals surface area contributed by atoms with Gasteiger partial charge >= 0.3 is 0 Å². The van der Waals surface area contributed by atoms with Crippen molar-refractivity contribution in [2.24, 2.45) is 0 Å². The lowest BCUT2D eigenvalue weighted by molar-refractivity contribution is 0.0977. The van der Waals surface area contributed by atoms with Crippen LogP contribution in [0.1, 0.15) is 10.5 Å². The van der Waals surface area contributed by atoms with E-state index in [1.54, 1.807) is 6.07 Å². The van der Waals surface area contributed by atoms with Gasteiger partial charge in [-0.2, -0.15) is 0 Å². The van der Waals surface area contributed by atoms with Crippen molar-refractivity contribution in [3.8, 4) is 5.69 Å². The quantitative estimate of drug-likeness (QED) is 0.572. The van der Waals surface area contributed by atoms with Crippen LogP contribution in [0.2, 0.25) is 20.1 Å². The van der Waals surface area contributed by atoms with Gasteiger partial charge in [0.2, 0.25) is 0 Å². The average Bonchev–Trinajstić information content (AvgIpc) is 3.09. The maximum Gasteiger partial charge on any atom is 0.285 e. The maximum atomic E-state index is 12.3. The summed E-state index contributed by atoms with van der Waals surface area (Å²) in [6, 6.07) is 8.82. The zero-order valence-corrected chi connectivity index (χ0v) is 17.0. The second kappa shape index (κ2) is 7.69. The highest BCUT2D eigenvalue weighted by atomic mass is 35.5. The number of rotatable bonds is 4. The van der Waals surface area contributed by atoms with E-state index in [-0.39, 0.29) is 30.7 Å². The van der Waals surface area contributed by atoms with Gasteiger partial charge in [0.1, 0.15) is 16.9 Å². The topological polar surface area (TPSA) is 81.1 Å². The molecule has 0 aliphatic carbocycles. The number of imidazole rings is 1. The highest BCUT2D eigenvalue weighted by Crippen LogP contribution is 2.32. The number of carbonyl (C=O) groups excluding carboxylic acids is 1. The second-order valence-electron chi connectivity index (χ2n) is 5.25. The van der Waals surface area contributed by atoms with Crippen molar-refractivity contribution >= 4 is 62.3 Å². The van der Waals surface area contributed by atoms with Crippen LogP contribution in [-0.4, -0.2) is 23.9 Å². The number of sulfonamides is 1. The maximum absolute atomic E-state index is 12.3. The van der Waals surface area contributed by atoms with Crippen LogP contribution < -0.4 is 4.72 Å². The summed E-state index contributed by atoms with van der Waals surface area (Å²) in [4.78, 5) is 16.0. The smallest absolute Gasteiger partial charge is 0.285 e. The predicted molar refractivity (Wildman–Crippen MR) is 105 cm³/mol. The number of carbonyl (C=O) groups is 1. The van der Waals surface area contributed by atoms with Gasteiger partial charge < -0.3 is 4.57 Å². The molecular weight excluding hydrogens is 456 g/mol. The van der Waals surface area contributed by atoms with Crippen molar-refractivity contribution in [1.82, 2.24) is 14.3 Å². The third kappa shape index (κ3) is 4.23. The Balaban J connectivity index is 1.87. The molecule has 6 nitrogen and oxygen atoms in total. The van der Waals surface area contributed by atoms with Gasteiger partial charge in [-0.15, -0.1) is 0 Å². The van der Waals surface area contributed by atoms with Crippen LogP contribution in [0.4, 0.5) is 0 Å². The van der Waals surface area contributed by atoms with Gasteiger partial charge in [0.25, 0.3) is 15.9 Å². The summed E-state index contributed by atoms with van der Waals surface area (Å²) in [6.07, 6.45) is 2.64. The third-order valence-electron chi connectivity index (χ3n) is 3.44. The molecule has 1 heterocycles. The van der Waals surface area contributed by atoms with Crippen molar-refractivity contribution in [3.05, 3.63) is 74.7 Å². The number of hydrogen-bond acceptors (Lipinski definition) is 4. The number of amides is 1. The van der Waals surface area contributed by atoms with Gasteiger partial charge in [0.05, 0.1) is 20.1 Å². The Hall–Kier alpha value is -1.77. The molecule has 3 aromatic rings. The standard InChI is InChI=1S/C16H9Cl4N3O3S/c17-10-3-1-2-4-14(10)27(25,26)22-16(24)13-7-23(8-21-13)9-5-11(18)15(20)12(19)6-9/h1-8H,(H,22,24). The van der Waals surface area contributed by atoms with Crippen LogP contribution in [0.15, 0.2) is 53.8 Å². The largest absolute Gasteiger partial charge is 0.305 e. The molecular formula is C16H9Cl4N3O3S.